The fourth-order valence-corrected chi connectivity index (χ4v) is 2.80. The molecular weight excluding hydrogens is 328 g/mol. The number of aromatic amines is 1. The maximum Gasteiger partial charge on any atom is 0.128 e. The molecule has 3 aromatic rings. The van der Waals surface area contributed by atoms with Crippen molar-refractivity contribution in [1.29, 1.82) is 0 Å². The Kier molecular flexibility index (Phi) is 5.08. The van der Waals surface area contributed by atoms with Gasteiger partial charge >= 0.3 is 0 Å². The molecule has 2 N–H and O–H groups in total. The van der Waals surface area contributed by atoms with Crippen molar-refractivity contribution in [2.75, 3.05) is 20.2 Å². The lowest BCUT2D eigenvalue weighted by atomic mass is 10.2. The van der Waals surface area contributed by atoms with Crippen LogP contribution in [0.15, 0.2) is 36.7 Å². The van der Waals surface area contributed by atoms with E-state index < -0.39 is 6.10 Å². The van der Waals surface area contributed by atoms with Crippen LogP contribution < -0.4 is 4.74 Å². The van der Waals surface area contributed by atoms with Crippen molar-refractivity contribution in [3.63, 3.8) is 0 Å². The van der Waals surface area contributed by atoms with Gasteiger partial charge in [0.2, 0.25) is 0 Å². The van der Waals surface area contributed by atoms with Crippen LogP contribution in [-0.2, 0) is 13.6 Å². The van der Waals surface area contributed by atoms with E-state index in [4.69, 9.17) is 16.3 Å². The highest BCUT2D eigenvalue weighted by atomic mass is 35.5. The highest BCUT2D eigenvalue weighted by Gasteiger charge is 2.13. The largest absolute Gasteiger partial charge is 0.490 e. The number of H-pyrrole nitrogens is 1. The lowest BCUT2D eigenvalue weighted by molar-refractivity contribution is 0.0740. The second-order valence-electron chi connectivity index (χ2n) is 5.91. The molecule has 2 heterocycles. The molecule has 0 amide bonds. The molecule has 0 aliphatic heterocycles. The van der Waals surface area contributed by atoms with Crippen molar-refractivity contribution in [2.45, 2.75) is 12.6 Å². The van der Waals surface area contributed by atoms with E-state index in [-0.39, 0.29) is 6.61 Å². The fourth-order valence-electron chi connectivity index (χ4n) is 2.66. The van der Waals surface area contributed by atoms with E-state index in [1.807, 2.05) is 54.0 Å². The zero-order valence-corrected chi connectivity index (χ0v) is 14.5. The number of rotatable bonds is 7. The zero-order chi connectivity index (χ0) is 17.1. The predicted molar refractivity (Wildman–Crippen MR) is 94.4 cm³/mol. The van der Waals surface area contributed by atoms with Crippen LogP contribution in [0, 0.1) is 0 Å². The van der Waals surface area contributed by atoms with Crippen LogP contribution in [-0.4, -0.2) is 50.8 Å². The van der Waals surface area contributed by atoms with E-state index in [0.29, 0.717) is 18.2 Å². The Morgan fingerprint density at radius 1 is 1.42 bits per heavy atom. The van der Waals surface area contributed by atoms with Crippen LogP contribution >= 0.6 is 11.6 Å². The Labute approximate surface area is 145 Å². The summed E-state index contributed by atoms with van der Waals surface area (Å²) in [5, 5.41) is 11.8. The maximum atomic E-state index is 10.2. The van der Waals surface area contributed by atoms with Gasteiger partial charge in [0.05, 0.1) is 12.7 Å². The first kappa shape index (κ1) is 16.8. The standard InChI is InChI=1S/C17H21ClN4O2/c1-21(10-17-20-8-16(18)22(17)2)9-12(23)11-24-15-5-3-4-14-13(15)6-7-19-14/h3-8,12,19,23H,9-11H2,1-2H3. The number of ether oxygens (including phenoxy) is 1. The summed E-state index contributed by atoms with van der Waals surface area (Å²) in [6.07, 6.45) is 2.90. The highest BCUT2D eigenvalue weighted by Crippen LogP contribution is 2.24. The monoisotopic (exact) mass is 348 g/mol. The molecule has 1 atom stereocenters. The molecule has 0 aliphatic rings. The van der Waals surface area contributed by atoms with E-state index in [9.17, 15) is 5.11 Å². The van der Waals surface area contributed by atoms with Gasteiger partial charge in [0.15, 0.2) is 0 Å². The van der Waals surface area contributed by atoms with E-state index in [2.05, 4.69) is 9.97 Å². The first-order chi connectivity index (χ1) is 11.5. The summed E-state index contributed by atoms with van der Waals surface area (Å²) >= 11 is 5.98. The third-order valence-electron chi connectivity index (χ3n) is 3.95. The summed E-state index contributed by atoms with van der Waals surface area (Å²) in [7, 11) is 3.80. The number of aliphatic hydroxyl groups excluding tert-OH is 1. The minimum Gasteiger partial charge on any atom is -0.490 e. The molecule has 0 saturated heterocycles. The smallest absolute Gasteiger partial charge is 0.128 e. The molecule has 0 aliphatic carbocycles. The molecular formula is C17H21ClN4O2. The molecule has 128 valence electrons. The number of imidazole rings is 1. The SMILES string of the molecule is CN(Cc1ncc(Cl)n1C)CC(O)COc1cccc2[nH]ccc12. The highest BCUT2D eigenvalue weighted by molar-refractivity contribution is 6.29. The van der Waals surface area contributed by atoms with Gasteiger partial charge in [-0.2, -0.15) is 0 Å². The Morgan fingerprint density at radius 3 is 3.00 bits per heavy atom. The topological polar surface area (TPSA) is 66.3 Å². The van der Waals surface area contributed by atoms with Crippen molar-refractivity contribution < 1.29 is 9.84 Å². The van der Waals surface area contributed by atoms with E-state index >= 15 is 0 Å². The summed E-state index contributed by atoms with van der Waals surface area (Å²) in [6, 6.07) is 7.79. The summed E-state index contributed by atoms with van der Waals surface area (Å²) in [5.74, 6) is 1.62. The quantitative estimate of drug-likeness (QED) is 0.688. The van der Waals surface area contributed by atoms with E-state index in [1.54, 1.807) is 6.20 Å². The number of aliphatic hydroxyl groups is 1. The van der Waals surface area contributed by atoms with Crippen LogP contribution in [0.1, 0.15) is 5.82 Å². The van der Waals surface area contributed by atoms with Crippen LogP contribution in [0.2, 0.25) is 5.15 Å². The molecule has 24 heavy (non-hydrogen) atoms. The number of hydrogen-bond donors (Lipinski definition) is 2. The normalized spacial score (nSPS) is 12.9. The van der Waals surface area contributed by atoms with Crippen LogP contribution in [0.4, 0.5) is 0 Å². The molecule has 1 unspecified atom stereocenters. The fraction of sp³-hybridized carbons (Fsp3) is 0.353. The Balaban J connectivity index is 1.53. The number of hydrogen-bond acceptors (Lipinski definition) is 4. The Morgan fingerprint density at radius 2 is 2.25 bits per heavy atom. The van der Waals surface area contributed by atoms with Gasteiger partial charge in [-0.25, -0.2) is 4.98 Å². The molecule has 1 aromatic carbocycles. The molecule has 0 fully saturated rings. The molecule has 2 aromatic heterocycles. The minimum atomic E-state index is -0.597. The number of aromatic nitrogens is 3. The number of nitrogens with zero attached hydrogens (tertiary/aromatic N) is 3. The van der Waals surface area contributed by atoms with Crippen molar-refractivity contribution in [1.82, 2.24) is 19.4 Å². The first-order valence-corrected chi connectivity index (χ1v) is 8.14. The second-order valence-corrected chi connectivity index (χ2v) is 6.30. The summed E-state index contributed by atoms with van der Waals surface area (Å²) in [4.78, 5) is 9.39. The number of nitrogens with one attached hydrogen (secondary N) is 1. The minimum absolute atomic E-state index is 0.232. The van der Waals surface area contributed by atoms with Gasteiger partial charge in [-0.3, -0.25) is 4.90 Å². The van der Waals surface area contributed by atoms with Crippen LogP contribution in [0.3, 0.4) is 0 Å². The third-order valence-corrected chi connectivity index (χ3v) is 4.30. The average molecular weight is 349 g/mol. The molecule has 0 saturated carbocycles. The molecule has 6 nitrogen and oxygen atoms in total. The zero-order valence-electron chi connectivity index (χ0n) is 13.7. The number of fused-ring (bicyclic) bond motifs is 1. The number of halogens is 1. The first-order valence-electron chi connectivity index (χ1n) is 7.76. The number of likely N-dealkylation sites (N-methyl/N-ethyl adjacent to an activating group) is 1. The van der Waals surface area contributed by atoms with Gasteiger partial charge in [0, 0.05) is 30.7 Å². The van der Waals surface area contributed by atoms with Crippen molar-refractivity contribution in [3.8, 4) is 5.75 Å². The number of benzene rings is 1. The van der Waals surface area contributed by atoms with Crippen LogP contribution in [0.5, 0.6) is 5.75 Å². The molecule has 0 spiro atoms. The summed E-state index contributed by atoms with van der Waals surface area (Å²) in [5.41, 5.74) is 1.02. The lowest BCUT2D eigenvalue weighted by Gasteiger charge is -2.20. The Bertz CT molecular complexity index is 814. The molecule has 0 radical (unpaired) electrons. The van der Waals surface area contributed by atoms with Gasteiger partial charge in [0.1, 0.15) is 29.4 Å². The van der Waals surface area contributed by atoms with Gasteiger partial charge in [-0.05, 0) is 25.2 Å². The maximum absolute atomic E-state index is 10.2. The van der Waals surface area contributed by atoms with E-state index in [1.165, 1.54) is 0 Å². The molecule has 0 bridgehead atoms. The average Bonchev–Trinajstić information content (AvgIpc) is 3.15. The third kappa shape index (κ3) is 3.72. The molecule has 3 rings (SSSR count). The van der Waals surface area contributed by atoms with Gasteiger partial charge in [0.25, 0.3) is 0 Å². The van der Waals surface area contributed by atoms with Gasteiger partial charge < -0.3 is 19.4 Å². The van der Waals surface area contributed by atoms with Gasteiger partial charge in [-0.1, -0.05) is 17.7 Å². The second kappa shape index (κ2) is 7.25. The summed E-state index contributed by atoms with van der Waals surface area (Å²) < 4.78 is 7.61. The van der Waals surface area contributed by atoms with E-state index in [0.717, 1.165) is 22.5 Å². The van der Waals surface area contributed by atoms with Gasteiger partial charge in [-0.15, -0.1) is 0 Å². The lowest BCUT2D eigenvalue weighted by Crippen LogP contribution is -2.33. The molecule has 7 heteroatoms. The Hall–Kier alpha value is -2.02. The van der Waals surface area contributed by atoms with Crippen molar-refractivity contribution in [3.05, 3.63) is 47.6 Å². The van der Waals surface area contributed by atoms with Crippen molar-refractivity contribution in [2.24, 2.45) is 7.05 Å². The summed E-state index contributed by atoms with van der Waals surface area (Å²) in [6.45, 7) is 1.32. The predicted octanol–water partition coefficient (Wildman–Crippen LogP) is 2.43. The van der Waals surface area contributed by atoms with Crippen LogP contribution in [0.25, 0.3) is 10.9 Å². The van der Waals surface area contributed by atoms with Crippen molar-refractivity contribution >= 4 is 22.5 Å².